The van der Waals surface area contributed by atoms with E-state index in [2.05, 4.69) is 38.0 Å². The minimum absolute atomic E-state index is 0.364. The van der Waals surface area contributed by atoms with Crippen molar-refractivity contribution in [1.82, 2.24) is 15.3 Å². The number of benzene rings is 3. The van der Waals surface area contributed by atoms with Gasteiger partial charge in [-0.05, 0) is 42.3 Å². The van der Waals surface area contributed by atoms with E-state index in [0.717, 1.165) is 40.7 Å². The van der Waals surface area contributed by atoms with Crippen molar-refractivity contribution < 1.29 is 9.47 Å². The summed E-state index contributed by atoms with van der Waals surface area (Å²) in [6, 6.07) is 25.9. The van der Waals surface area contributed by atoms with Crippen LogP contribution >= 0.6 is 0 Å². The van der Waals surface area contributed by atoms with Gasteiger partial charge in [-0.15, -0.1) is 0 Å². The van der Waals surface area contributed by atoms with E-state index in [4.69, 9.17) is 14.5 Å². The first-order valence-electron chi connectivity index (χ1n) is 11.9. The van der Waals surface area contributed by atoms with Gasteiger partial charge >= 0.3 is 0 Å². The molecule has 0 aliphatic heterocycles. The monoisotopic (exact) mass is 455 g/mol. The maximum absolute atomic E-state index is 6.20. The molecule has 4 aromatic rings. The van der Waals surface area contributed by atoms with E-state index in [1.807, 2.05) is 78.9 Å². The number of hydrogen-bond acceptors (Lipinski definition) is 4. The fourth-order valence-electron chi connectivity index (χ4n) is 3.70. The third kappa shape index (κ3) is 6.49. The zero-order valence-corrected chi connectivity index (χ0v) is 20.3. The fraction of sp³-hybridized carbons (Fsp3) is 0.276. The van der Waals surface area contributed by atoms with E-state index in [-0.39, 0.29) is 0 Å². The largest absolute Gasteiger partial charge is 0.457 e. The number of para-hydroxylation sites is 2. The molecule has 176 valence electrons. The molecule has 0 atom stereocenters. The molecule has 0 saturated heterocycles. The van der Waals surface area contributed by atoms with Crippen LogP contribution in [0.2, 0.25) is 0 Å². The topological polar surface area (TPSA) is 59.2 Å². The molecule has 0 radical (unpaired) electrons. The minimum Gasteiger partial charge on any atom is -0.457 e. The Balaban J connectivity index is 1.75. The van der Waals surface area contributed by atoms with Crippen molar-refractivity contribution in [2.45, 2.75) is 46.7 Å². The van der Waals surface area contributed by atoms with Gasteiger partial charge in [0, 0.05) is 30.6 Å². The van der Waals surface area contributed by atoms with Crippen molar-refractivity contribution in [3.63, 3.8) is 0 Å². The van der Waals surface area contributed by atoms with Crippen LogP contribution in [0.25, 0.3) is 11.3 Å². The molecule has 0 bridgehead atoms. The maximum Gasteiger partial charge on any atom is 0.131 e. The quantitative estimate of drug-likeness (QED) is 0.262. The van der Waals surface area contributed by atoms with Crippen LogP contribution in [-0.4, -0.2) is 16.0 Å². The van der Waals surface area contributed by atoms with Crippen LogP contribution in [0.15, 0.2) is 78.9 Å². The van der Waals surface area contributed by atoms with Crippen LogP contribution in [-0.2, 0) is 13.0 Å². The summed E-state index contributed by atoms with van der Waals surface area (Å²) < 4.78 is 12.4. The van der Waals surface area contributed by atoms with Gasteiger partial charge in [-0.25, -0.2) is 4.98 Å². The zero-order chi connectivity index (χ0) is 23.9. The van der Waals surface area contributed by atoms with E-state index in [1.165, 1.54) is 0 Å². The number of H-pyrrole nitrogens is 1. The summed E-state index contributed by atoms with van der Waals surface area (Å²) in [6.07, 6.45) is 0.891. The van der Waals surface area contributed by atoms with Gasteiger partial charge in [0.2, 0.25) is 0 Å². The highest BCUT2D eigenvalue weighted by Gasteiger charge is 2.16. The summed E-state index contributed by atoms with van der Waals surface area (Å²) in [7, 11) is 0. The molecule has 0 aliphatic carbocycles. The number of nitrogens with one attached hydrogen (secondary N) is 2. The molecule has 5 nitrogen and oxygen atoms in total. The Bertz CT molecular complexity index is 1120. The lowest BCUT2D eigenvalue weighted by molar-refractivity contribution is 0.460. The maximum atomic E-state index is 6.20. The Morgan fingerprint density at radius 2 is 1.32 bits per heavy atom. The second-order valence-corrected chi connectivity index (χ2v) is 9.16. The molecule has 5 heteroatoms. The number of rotatable bonds is 10. The molecule has 0 fully saturated rings. The van der Waals surface area contributed by atoms with Gasteiger partial charge in [0.1, 0.15) is 28.8 Å². The summed E-state index contributed by atoms with van der Waals surface area (Å²) in [5.74, 6) is 4.46. The molecule has 0 amide bonds. The first-order valence-corrected chi connectivity index (χ1v) is 11.9. The Labute approximate surface area is 202 Å². The molecular formula is C29H33N3O2. The van der Waals surface area contributed by atoms with Gasteiger partial charge in [-0.2, -0.15) is 0 Å². The Hall–Kier alpha value is -3.57. The van der Waals surface area contributed by atoms with Gasteiger partial charge in [0.05, 0.1) is 11.4 Å². The van der Waals surface area contributed by atoms with Crippen molar-refractivity contribution in [1.29, 1.82) is 0 Å². The van der Waals surface area contributed by atoms with Gasteiger partial charge in [0.15, 0.2) is 0 Å². The summed E-state index contributed by atoms with van der Waals surface area (Å²) in [4.78, 5) is 8.50. The number of hydrogen-bond donors (Lipinski definition) is 2. The normalized spacial score (nSPS) is 11.2. The predicted molar refractivity (Wildman–Crippen MR) is 138 cm³/mol. The lowest BCUT2D eigenvalue weighted by Crippen LogP contribution is -2.22. The Kier molecular flexibility index (Phi) is 7.65. The molecule has 1 heterocycles. The number of ether oxygens (including phenoxy) is 2. The van der Waals surface area contributed by atoms with E-state index in [9.17, 15) is 0 Å². The second kappa shape index (κ2) is 11.0. The minimum atomic E-state index is 0.364. The van der Waals surface area contributed by atoms with Crippen LogP contribution in [0, 0.1) is 5.92 Å². The van der Waals surface area contributed by atoms with Crippen molar-refractivity contribution in [2.75, 3.05) is 0 Å². The number of nitrogens with zero attached hydrogens (tertiary/aromatic N) is 1. The molecule has 3 aromatic carbocycles. The average Bonchev–Trinajstić information content (AvgIpc) is 3.21. The molecule has 2 N–H and O–H groups in total. The van der Waals surface area contributed by atoms with Crippen LogP contribution in [0.5, 0.6) is 23.0 Å². The number of aromatic amines is 1. The van der Waals surface area contributed by atoms with E-state index < -0.39 is 0 Å². The summed E-state index contributed by atoms with van der Waals surface area (Å²) in [5, 5.41) is 3.50. The van der Waals surface area contributed by atoms with Crippen LogP contribution in [0.1, 0.15) is 39.2 Å². The second-order valence-electron chi connectivity index (χ2n) is 9.16. The predicted octanol–water partition coefficient (Wildman–Crippen LogP) is 7.36. The van der Waals surface area contributed by atoms with Crippen molar-refractivity contribution in [3.05, 3.63) is 90.4 Å². The molecule has 0 spiro atoms. The standard InChI is InChI=1S/C29H33N3O2/c1-20(2)15-28-31-27(19-30-21(3)4)29(32-28)22-16-25(33-23-11-7-5-8-12-23)18-26(17-22)34-24-13-9-6-10-14-24/h5-14,16-18,20-21,30H,15,19H2,1-4H3,(H,31,32). The van der Waals surface area contributed by atoms with Gasteiger partial charge < -0.3 is 19.8 Å². The SMILES string of the molecule is CC(C)Cc1nc(CNC(C)C)c(-c2cc(Oc3ccccc3)cc(Oc3ccccc3)c2)[nH]1. The first-order chi connectivity index (χ1) is 16.5. The molecule has 0 unspecified atom stereocenters. The van der Waals surface area contributed by atoms with Crippen molar-refractivity contribution in [2.24, 2.45) is 5.92 Å². The van der Waals surface area contributed by atoms with Crippen LogP contribution in [0.4, 0.5) is 0 Å². The number of imidazole rings is 1. The number of aromatic nitrogens is 2. The van der Waals surface area contributed by atoms with E-state index in [1.54, 1.807) is 0 Å². The first kappa shape index (κ1) is 23.6. The third-order valence-corrected chi connectivity index (χ3v) is 5.23. The summed E-state index contributed by atoms with van der Waals surface area (Å²) in [6.45, 7) is 9.37. The Morgan fingerprint density at radius 3 is 1.82 bits per heavy atom. The van der Waals surface area contributed by atoms with Crippen LogP contribution in [0.3, 0.4) is 0 Å². The van der Waals surface area contributed by atoms with Crippen molar-refractivity contribution in [3.8, 4) is 34.3 Å². The molecule has 1 aromatic heterocycles. The zero-order valence-electron chi connectivity index (χ0n) is 20.3. The van der Waals surface area contributed by atoms with Gasteiger partial charge in [-0.3, -0.25) is 0 Å². The third-order valence-electron chi connectivity index (χ3n) is 5.23. The highest BCUT2D eigenvalue weighted by atomic mass is 16.5. The van der Waals surface area contributed by atoms with E-state index >= 15 is 0 Å². The van der Waals surface area contributed by atoms with Crippen molar-refractivity contribution >= 4 is 0 Å². The fourth-order valence-corrected chi connectivity index (χ4v) is 3.70. The summed E-state index contributed by atoms with van der Waals surface area (Å²) in [5.41, 5.74) is 2.95. The molecular weight excluding hydrogens is 422 g/mol. The van der Waals surface area contributed by atoms with Crippen LogP contribution < -0.4 is 14.8 Å². The van der Waals surface area contributed by atoms with Gasteiger partial charge in [-0.1, -0.05) is 64.1 Å². The molecule has 34 heavy (non-hydrogen) atoms. The highest BCUT2D eigenvalue weighted by Crippen LogP contribution is 2.35. The Morgan fingerprint density at radius 1 is 0.765 bits per heavy atom. The molecule has 4 rings (SSSR count). The van der Waals surface area contributed by atoms with E-state index in [0.29, 0.717) is 30.0 Å². The average molecular weight is 456 g/mol. The molecule has 0 saturated carbocycles. The lowest BCUT2D eigenvalue weighted by Gasteiger charge is -2.13. The summed E-state index contributed by atoms with van der Waals surface area (Å²) >= 11 is 0. The smallest absolute Gasteiger partial charge is 0.131 e. The lowest BCUT2D eigenvalue weighted by atomic mass is 10.1. The van der Waals surface area contributed by atoms with Gasteiger partial charge in [0.25, 0.3) is 0 Å². The molecule has 0 aliphatic rings. The highest BCUT2D eigenvalue weighted by molar-refractivity contribution is 5.67.